The third-order valence-corrected chi connectivity index (χ3v) is 2.15. The second-order valence-corrected chi connectivity index (χ2v) is 3.71. The highest BCUT2D eigenvalue weighted by molar-refractivity contribution is 5.23. The molecule has 1 aromatic rings. The van der Waals surface area contributed by atoms with E-state index >= 15 is 0 Å². The fraction of sp³-hybridized carbons (Fsp3) is 0.455. The van der Waals surface area contributed by atoms with Gasteiger partial charge in [-0.2, -0.15) is 0 Å². The molecule has 2 nitrogen and oxygen atoms in total. The fourth-order valence-corrected chi connectivity index (χ4v) is 1.18. The molecule has 84 valence electrons. The van der Waals surface area contributed by atoms with E-state index in [-0.39, 0.29) is 12.0 Å². The van der Waals surface area contributed by atoms with Crippen LogP contribution in [0.15, 0.2) is 18.2 Å². The Hall–Kier alpha value is -1.16. The first kappa shape index (κ1) is 11.9. The van der Waals surface area contributed by atoms with Gasteiger partial charge in [0.25, 0.3) is 0 Å². The molecular weight excluding hydrogens is 200 g/mol. The molecule has 2 N–H and O–H groups in total. The zero-order chi connectivity index (χ0) is 11.4. The Morgan fingerprint density at radius 3 is 2.40 bits per heavy atom. The molecule has 0 spiro atoms. The molecule has 0 radical (unpaired) electrons. The predicted octanol–water partition coefficient (Wildman–Crippen LogP) is 2.33. The van der Waals surface area contributed by atoms with Crippen LogP contribution < -0.4 is 10.5 Å². The van der Waals surface area contributed by atoms with Crippen LogP contribution in [-0.4, -0.2) is 12.6 Å². The molecule has 1 aromatic carbocycles. The molecule has 0 amide bonds. The second-order valence-electron chi connectivity index (χ2n) is 3.71. The summed E-state index contributed by atoms with van der Waals surface area (Å²) in [6.45, 7) is 4.26. The highest BCUT2D eigenvalue weighted by atomic mass is 19.2. The number of nitrogens with two attached hydrogens (primary N) is 1. The molecule has 15 heavy (non-hydrogen) atoms. The first-order valence-corrected chi connectivity index (χ1v) is 4.86. The van der Waals surface area contributed by atoms with Gasteiger partial charge in [0.05, 0.1) is 0 Å². The summed E-state index contributed by atoms with van der Waals surface area (Å²) in [4.78, 5) is 0. The Labute approximate surface area is 88.0 Å². The van der Waals surface area contributed by atoms with Crippen molar-refractivity contribution in [3.63, 3.8) is 0 Å². The largest absolute Gasteiger partial charge is 0.489 e. The Morgan fingerprint density at radius 1 is 1.27 bits per heavy atom. The van der Waals surface area contributed by atoms with Crippen LogP contribution in [0.1, 0.15) is 13.8 Å². The van der Waals surface area contributed by atoms with Gasteiger partial charge >= 0.3 is 0 Å². The molecule has 1 rings (SSSR count). The highest BCUT2D eigenvalue weighted by Crippen LogP contribution is 2.18. The molecule has 1 unspecified atom stereocenters. The van der Waals surface area contributed by atoms with E-state index in [9.17, 15) is 8.78 Å². The molecule has 1 atom stereocenters. The van der Waals surface area contributed by atoms with Gasteiger partial charge in [-0.15, -0.1) is 0 Å². The summed E-state index contributed by atoms with van der Waals surface area (Å²) in [5.74, 6) is -1.26. The van der Waals surface area contributed by atoms with Gasteiger partial charge in [0.1, 0.15) is 11.9 Å². The van der Waals surface area contributed by atoms with Crippen molar-refractivity contribution in [1.82, 2.24) is 0 Å². The van der Waals surface area contributed by atoms with Crippen molar-refractivity contribution >= 4 is 0 Å². The van der Waals surface area contributed by atoms with Crippen molar-refractivity contribution in [2.24, 2.45) is 11.7 Å². The maximum Gasteiger partial charge on any atom is 0.162 e. The van der Waals surface area contributed by atoms with E-state index < -0.39 is 11.6 Å². The summed E-state index contributed by atoms with van der Waals surface area (Å²) >= 11 is 0. The maximum atomic E-state index is 12.8. The zero-order valence-corrected chi connectivity index (χ0v) is 8.84. The lowest BCUT2D eigenvalue weighted by atomic mass is 10.1. The third kappa shape index (κ3) is 3.16. The molecule has 0 bridgehead atoms. The van der Waals surface area contributed by atoms with Gasteiger partial charge in [0.2, 0.25) is 0 Å². The SMILES string of the molecule is CC(C)C(CN)Oc1ccc(F)c(F)c1. The van der Waals surface area contributed by atoms with Crippen molar-refractivity contribution in [2.75, 3.05) is 6.54 Å². The molecule has 0 saturated heterocycles. The first-order chi connectivity index (χ1) is 7.04. The molecule has 0 aliphatic heterocycles. The van der Waals surface area contributed by atoms with Crippen molar-refractivity contribution in [2.45, 2.75) is 20.0 Å². The minimum atomic E-state index is -0.910. The van der Waals surface area contributed by atoms with Gasteiger partial charge in [-0.25, -0.2) is 8.78 Å². The summed E-state index contributed by atoms with van der Waals surface area (Å²) in [5, 5.41) is 0. The summed E-state index contributed by atoms with van der Waals surface area (Å²) in [7, 11) is 0. The Kier molecular flexibility index (Phi) is 4.03. The van der Waals surface area contributed by atoms with Crippen LogP contribution in [0.2, 0.25) is 0 Å². The number of benzene rings is 1. The van der Waals surface area contributed by atoms with Crippen LogP contribution in [0, 0.1) is 17.6 Å². The first-order valence-electron chi connectivity index (χ1n) is 4.86. The number of hydrogen-bond donors (Lipinski definition) is 1. The zero-order valence-electron chi connectivity index (χ0n) is 8.84. The summed E-state index contributed by atoms with van der Waals surface area (Å²) in [6.07, 6.45) is -0.185. The van der Waals surface area contributed by atoms with Crippen molar-refractivity contribution < 1.29 is 13.5 Å². The molecule has 0 aromatic heterocycles. The van der Waals surface area contributed by atoms with Gasteiger partial charge in [-0.05, 0) is 18.1 Å². The average molecular weight is 215 g/mol. The highest BCUT2D eigenvalue weighted by Gasteiger charge is 2.14. The second kappa shape index (κ2) is 5.07. The Bertz CT molecular complexity index is 328. The van der Waals surface area contributed by atoms with Crippen LogP contribution >= 0.6 is 0 Å². The molecule has 0 heterocycles. The minimum Gasteiger partial charge on any atom is -0.489 e. The van der Waals surface area contributed by atoms with Crippen LogP contribution in [0.5, 0.6) is 5.75 Å². The predicted molar refractivity (Wildman–Crippen MR) is 54.7 cm³/mol. The lowest BCUT2D eigenvalue weighted by molar-refractivity contribution is 0.158. The smallest absolute Gasteiger partial charge is 0.162 e. The Balaban J connectivity index is 2.75. The maximum absolute atomic E-state index is 12.8. The molecular formula is C11H15F2NO. The average Bonchev–Trinajstić information content (AvgIpc) is 2.19. The summed E-state index contributed by atoms with van der Waals surface area (Å²) in [6, 6.07) is 3.46. The number of ether oxygens (including phenoxy) is 1. The van der Waals surface area contributed by atoms with Gasteiger partial charge in [-0.1, -0.05) is 13.8 Å². The van der Waals surface area contributed by atoms with E-state index in [0.717, 1.165) is 12.1 Å². The van der Waals surface area contributed by atoms with Crippen molar-refractivity contribution in [3.05, 3.63) is 29.8 Å². The van der Waals surface area contributed by atoms with Crippen LogP contribution in [-0.2, 0) is 0 Å². The van der Waals surface area contributed by atoms with E-state index in [1.807, 2.05) is 13.8 Å². The van der Waals surface area contributed by atoms with E-state index in [0.29, 0.717) is 12.3 Å². The minimum absolute atomic E-state index is 0.185. The molecule has 4 heteroatoms. The standard InChI is InChI=1S/C11H15F2NO/c1-7(2)11(6-14)15-8-3-4-9(12)10(13)5-8/h3-5,7,11H,6,14H2,1-2H3. The van der Waals surface area contributed by atoms with Gasteiger partial charge in [0, 0.05) is 12.6 Å². The summed E-state index contributed by atoms with van der Waals surface area (Å²) in [5.41, 5.74) is 5.50. The lowest BCUT2D eigenvalue weighted by Gasteiger charge is -2.20. The van der Waals surface area contributed by atoms with Crippen molar-refractivity contribution in [3.8, 4) is 5.75 Å². The van der Waals surface area contributed by atoms with Crippen LogP contribution in [0.3, 0.4) is 0 Å². The van der Waals surface area contributed by atoms with Gasteiger partial charge in [0.15, 0.2) is 11.6 Å². The van der Waals surface area contributed by atoms with Gasteiger partial charge < -0.3 is 10.5 Å². The van der Waals surface area contributed by atoms with E-state index in [4.69, 9.17) is 10.5 Å². The quantitative estimate of drug-likeness (QED) is 0.836. The monoisotopic (exact) mass is 215 g/mol. The Morgan fingerprint density at radius 2 is 1.93 bits per heavy atom. The van der Waals surface area contributed by atoms with Gasteiger partial charge in [-0.3, -0.25) is 0 Å². The molecule has 0 fully saturated rings. The molecule has 0 aliphatic carbocycles. The third-order valence-electron chi connectivity index (χ3n) is 2.15. The van der Waals surface area contributed by atoms with Crippen LogP contribution in [0.25, 0.3) is 0 Å². The molecule has 0 aliphatic rings. The molecule has 0 saturated carbocycles. The fourth-order valence-electron chi connectivity index (χ4n) is 1.18. The number of rotatable bonds is 4. The van der Waals surface area contributed by atoms with E-state index in [1.54, 1.807) is 0 Å². The van der Waals surface area contributed by atoms with E-state index in [1.165, 1.54) is 6.07 Å². The van der Waals surface area contributed by atoms with Crippen molar-refractivity contribution in [1.29, 1.82) is 0 Å². The van der Waals surface area contributed by atoms with E-state index in [2.05, 4.69) is 0 Å². The lowest BCUT2D eigenvalue weighted by Crippen LogP contribution is -2.31. The number of halogens is 2. The summed E-state index contributed by atoms with van der Waals surface area (Å²) < 4.78 is 30.9. The topological polar surface area (TPSA) is 35.2 Å². The van der Waals surface area contributed by atoms with Crippen LogP contribution in [0.4, 0.5) is 8.78 Å². The number of hydrogen-bond acceptors (Lipinski definition) is 2. The normalized spacial score (nSPS) is 12.9.